The van der Waals surface area contributed by atoms with Gasteiger partial charge in [-0.25, -0.2) is 8.42 Å². The van der Waals surface area contributed by atoms with Gasteiger partial charge in [0.25, 0.3) is 10.0 Å². The molecule has 0 bridgehead atoms. The minimum absolute atomic E-state index is 0.189. The van der Waals surface area contributed by atoms with Crippen molar-refractivity contribution in [1.29, 1.82) is 0 Å². The molecule has 0 unspecified atom stereocenters. The van der Waals surface area contributed by atoms with Crippen LogP contribution in [0.1, 0.15) is 29.5 Å². The van der Waals surface area contributed by atoms with Gasteiger partial charge in [0.2, 0.25) is 0 Å². The maximum absolute atomic E-state index is 13.2. The predicted molar refractivity (Wildman–Crippen MR) is 144 cm³/mol. The number of azo groups is 1. The van der Waals surface area contributed by atoms with Crippen molar-refractivity contribution in [2.45, 2.75) is 38.5 Å². The van der Waals surface area contributed by atoms with Crippen LogP contribution < -0.4 is 14.5 Å². The van der Waals surface area contributed by atoms with Crippen LogP contribution in [0.15, 0.2) is 69.7 Å². The molecule has 0 spiro atoms. The van der Waals surface area contributed by atoms with E-state index in [0.717, 1.165) is 41.3 Å². The van der Waals surface area contributed by atoms with Gasteiger partial charge in [-0.05, 0) is 98.8 Å². The summed E-state index contributed by atoms with van der Waals surface area (Å²) in [5, 5.41) is 8.49. The highest BCUT2D eigenvalue weighted by molar-refractivity contribution is 7.92. The molecule has 1 fully saturated rings. The lowest BCUT2D eigenvalue weighted by Crippen LogP contribution is -2.22. The second-order valence-corrected chi connectivity index (χ2v) is 10.9. The normalized spacial score (nSPS) is 14.0. The van der Waals surface area contributed by atoms with Crippen molar-refractivity contribution < 1.29 is 8.42 Å². The molecule has 1 aliphatic heterocycles. The summed E-state index contributed by atoms with van der Waals surface area (Å²) in [7, 11) is 0.208. The van der Waals surface area contributed by atoms with E-state index >= 15 is 0 Å². The number of sulfonamides is 1. The van der Waals surface area contributed by atoms with Crippen LogP contribution in [0.4, 0.5) is 28.4 Å². The molecule has 0 atom stereocenters. The van der Waals surface area contributed by atoms with Crippen molar-refractivity contribution >= 4 is 38.5 Å². The van der Waals surface area contributed by atoms with Crippen LogP contribution >= 0.6 is 0 Å². The first-order valence-corrected chi connectivity index (χ1v) is 13.3. The standard InChI is InChI=1S/C27H33N5O2S/c1-19-18-20(2)27(32-16-6-7-17-32)21(3)26(19)30-35(33,34)25-14-10-23(11-15-25)29-28-22-8-12-24(13-9-22)31(4)5/h8-15,18,30H,6-7,16-17H2,1-5H3. The maximum Gasteiger partial charge on any atom is 0.261 e. The molecule has 184 valence electrons. The summed E-state index contributed by atoms with van der Waals surface area (Å²) in [6.45, 7) is 8.05. The Morgan fingerprint density at radius 2 is 1.37 bits per heavy atom. The van der Waals surface area contributed by atoms with Gasteiger partial charge in [-0.1, -0.05) is 6.07 Å². The molecule has 35 heavy (non-hydrogen) atoms. The van der Waals surface area contributed by atoms with Crippen LogP contribution in [0, 0.1) is 20.8 Å². The van der Waals surface area contributed by atoms with Gasteiger partial charge >= 0.3 is 0 Å². The smallest absolute Gasteiger partial charge is 0.261 e. The second-order valence-electron chi connectivity index (χ2n) is 9.26. The van der Waals surface area contributed by atoms with E-state index in [-0.39, 0.29) is 4.90 Å². The average Bonchev–Trinajstić information content (AvgIpc) is 3.35. The van der Waals surface area contributed by atoms with Crippen molar-refractivity contribution in [2.75, 3.05) is 41.7 Å². The number of benzene rings is 3. The number of hydrogen-bond donors (Lipinski definition) is 1. The first kappa shape index (κ1) is 24.7. The summed E-state index contributed by atoms with van der Waals surface area (Å²) in [5.74, 6) is 0. The van der Waals surface area contributed by atoms with Crippen LogP contribution in [0.25, 0.3) is 0 Å². The zero-order valence-electron chi connectivity index (χ0n) is 21.0. The van der Waals surface area contributed by atoms with E-state index in [1.807, 2.05) is 57.1 Å². The van der Waals surface area contributed by atoms with Gasteiger partial charge in [-0.2, -0.15) is 10.2 Å². The van der Waals surface area contributed by atoms with Gasteiger partial charge in [0.1, 0.15) is 0 Å². The summed E-state index contributed by atoms with van der Waals surface area (Å²) < 4.78 is 29.3. The summed E-state index contributed by atoms with van der Waals surface area (Å²) in [4.78, 5) is 4.56. The third kappa shape index (κ3) is 5.48. The molecular formula is C27H33N5O2S. The van der Waals surface area contributed by atoms with E-state index in [2.05, 4.69) is 32.8 Å². The van der Waals surface area contributed by atoms with Crippen LogP contribution in [0.3, 0.4) is 0 Å². The lowest BCUT2D eigenvalue weighted by molar-refractivity contribution is 0.601. The predicted octanol–water partition coefficient (Wildman–Crippen LogP) is 6.49. The molecule has 7 nitrogen and oxygen atoms in total. The highest BCUT2D eigenvalue weighted by Gasteiger charge is 2.23. The van der Waals surface area contributed by atoms with Crippen molar-refractivity contribution in [1.82, 2.24) is 0 Å². The molecule has 1 aliphatic rings. The maximum atomic E-state index is 13.2. The average molecular weight is 492 g/mol. The number of anilines is 3. The van der Waals surface area contributed by atoms with Crippen LogP contribution in [0.2, 0.25) is 0 Å². The summed E-state index contributed by atoms with van der Waals surface area (Å²) in [5.41, 5.74) is 7.25. The van der Waals surface area contributed by atoms with E-state index in [1.165, 1.54) is 18.4 Å². The minimum Gasteiger partial charge on any atom is -0.378 e. The summed E-state index contributed by atoms with van der Waals surface area (Å²) >= 11 is 0. The van der Waals surface area contributed by atoms with Gasteiger partial charge in [0, 0.05) is 38.6 Å². The molecule has 1 heterocycles. The SMILES string of the molecule is Cc1cc(C)c(N2CCCC2)c(C)c1NS(=O)(=O)c1ccc(N=Nc2ccc(N(C)C)cc2)cc1. The van der Waals surface area contributed by atoms with Crippen molar-refractivity contribution in [3.05, 3.63) is 71.3 Å². The zero-order valence-corrected chi connectivity index (χ0v) is 21.9. The molecule has 0 aliphatic carbocycles. The molecule has 0 aromatic heterocycles. The van der Waals surface area contributed by atoms with Gasteiger partial charge in [-0.15, -0.1) is 0 Å². The quantitative estimate of drug-likeness (QED) is 0.383. The molecule has 3 aromatic carbocycles. The Balaban J connectivity index is 1.53. The van der Waals surface area contributed by atoms with Crippen molar-refractivity contribution in [3.63, 3.8) is 0 Å². The summed E-state index contributed by atoms with van der Waals surface area (Å²) in [6.07, 6.45) is 2.33. The Morgan fingerprint density at radius 3 is 1.91 bits per heavy atom. The fourth-order valence-corrected chi connectivity index (χ4v) is 5.77. The lowest BCUT2D eigenvalue weighted by atomic mass is 10.0. The van der Waals surface area contributed by atoms with Crippen LogP contribution in [-0.4, -0.2) is 35.6 Å². The van der Waals surface area contributed by atoms with Crippen molar-refractivity contribution in [3.8, 4) is 0 Å². The zero-order chi connectivity index (χ0) is 25.2. The Labute approximate surface area is 208 Å². The minimum atomic E-state index is -3.75. The van der Waals surface area contributed by atoms with E-state index in [1.54, 1.807) is 24.3 Å². The molecule has 3 aromatic rings. The molecule has 0 saturated carbocycles. The summed E-state index contributed by atoms with van der Waals surface area (Å²) in [6, 6.07) is 16.2. The van der Waals surface area contributed by atoms with Gasteiger partial charge < -0.3 is 9.80 Å². The monoisotopic (exact) mass is 491 g/mol. The molecular weight excluding hydrogens is 458 g/mol. The molecule has 0 radical (unpaired) electrons. The largest absolute Gasteiger partial charge is 0.378 e. The Morgan fingerprint density at radius 1 is 0.829 bits per heavy atom. The topological polar surface area (TPSA) is 77.4 Å². The fraction of sp³-hybridized carbons (Fsp3) is 0.333. The fourth-order valence-electron chi connectivity index (χ4n) is 4.58. The highest BCUT2D eigenvalue weighted by atomic mass is 32.2. The first-order chi connectivity index (χ1) is 16.7. The Hall–Kier alpha value is -3.39. The van der Waals surface area contributed by atoms with Crippen LogP contribution in [-0.2, 0) is 10.0 Å². The van der Waals surface area contributed by atoms with Crippen molar-refractivity contribution in [2.24, 2.45) is 10.2 Å². The highest BCUT2D eigenvalue weighted by Crippen LogP contribution is 2.36. The molecule has 8 heteroatoms. The first-order valence-electron chi connectivity index (χ1n) is 11.8. The van der Waals surface area contributed by atoms with E-state index in [9.17, 15) is 8.42 Å². The molecule has 0 amide bonds. The van der Waals surface area contributed by atoms with Crippen LogP contribution in [0.5, 0.6) is 0 Å². The van der Waals surface area contributed by atoms with Gasteiger partial charge in [-0.3, -0.25) is 4.72 Å². The number of aryl methyl sites for hydroxylation is 2. The van der Waals surface area contributed by atoms with Gasteiger partial charge in [0.15, 0.2) is 0 Å². The number of rotatable bonds is 7. The molecule has 4 rings (SSSR count). The number of hydrogen-bond acceptors (Lipinski definition) is 6. The number of nitrogens with zero attached hydrogens (tertiary/aromatic N) is 4. The molecule has 1 saturated heterocycles. The van der Waals surface area contributed by atoms with Gasteiger partial charge in [0.05, 0.1) is 22.0 Å². The van der Waals surface area contributed by atoms with E-state index in [4.69, 9.17) is 0 Å². The lowest BCUT2D eigenvalue weighted by Gasteiger charge is -2.26. The van der Waals surface area contributed by atoms with E-state index in [0.29, 0.717) is 11.4 Å². The third-order valence-electron chi connectivity index (χ3n) is 6.38. The Kier molecular flexibility index (Phi) is 7.12. The second kappa shape index (κ2) is 10.1. The number of nitrogens with one attached hydrogen (secondary N) is 1. The Bertz CT molecular complexity index is 1330. The third-order valence-corrected chi connectivity index (χ3v) is 7.75. The van der Waals surface area contributed by atoms with E-state index < -0.39 is 10.0 Å². The molecule has 1 N–H and O–H groups in total.